The maximum Gasteiger partial charge on any atom is 0.000822 e. The van der Waals surface area contributed by atoms with Crippen molar-refractivity contribution >= 4 is 0 Å². The molecule has 2 nitrogen and oxygen atoms in total. The maximum absolute atomic E-state index is 3.81. The summed E-state index contributed by atoms with van der Waals surface area (Å²) in [6, 6.07) is 0. The second-order valence-electron chi connectivity index (χ2n) is 9.40. The summed E-state index contributed by atoms with van der Waals surface area (Å²) in [5.74, 6) is 2.89. The Bertz CT molecular complexity index is 335. The molecule has 21 heavy (non-hydrogen) atoms. The fraction of sp³-hybridized carbons (Fsp3) is 1.00. The smallest absolute Gasteiger partial charge is 0.000822 e. The van der Waals surface area contributed by atoms with Crippen molar-refractivity contribution < 1.29 is 0 Å². The first-order valence-electron chi connectivity index (χ1n) is 9.40. The molecular formula is C19H36N2. The standard InChI is InChI=1S/C19H36N2/c1-15(2)12-20-5-4-6-21-14-19-10-16-7-17(11-19)9-18(3,8-16)13-19/h15-17,20-21H,4-14H2,1-3H3. The van der Waals surface area contributed by atoms with Gasteiger partial charge in [0.1, 0.15) is 0 Å². The van der Waals surface area contributed by atoms with E-state index in [1.54, 1.807) is 6.42 Å². The summed E-state index contributed by atoms with van der Waals surface area (Å²) in [5, 5.41) is 7.35. The van der Waals surface area contributed by atoms with Gasteiger partial charge in [0.15, 0.2) is 0 Å². The molecule has 0 aromatic heterocycles. The molecule has 4 aliphatic carbocycles. The van der Waals surface area contributed by atoms with Gasteiger partial charge in [-0.3, -0.25) is 0 Å². The molecule has 0 aromatic carbocycles. The summed E-state index contributed by atoms with van der Waals surface area (Å²) in [5.41, 5.74) is 1.37. The topological polar surface area (TPSA) is 24.1 Å². The van der Waals surface area contributed by atoms with Gasteiger partial charge in [-0.25, -0.2) is 0 Å². The Kier molecular flexibility index (Phi) is 4.66. The van der Waals surface area contributed by atoms with Crippen molar-refractivity contribution in [3.05, 3.63) is 0 Å². The van der Waals surface area contributed by atoms with Gasteiger partial charge in [-0.05, 0) is 93.2 Å². The maximum atomic E-state index is 3.81. The van der Waals surface area contributed by atoms with E-state index >= 15 is 0 Å². The molecule has 4 bridgehead atoms. The molecule has 0 saturated heterocycles. The van der Waals surface area contributed by atoms with Crippen LogP contribution in [0.25, 0.3) is 0 Å². The zero-order valence-corrected chi connectivity index (χ0v) is 14.5. The molecule has 0 amide bonds. The first-order valence-corrected chi connectivity index (χ1v) is 9.40. The van der Waals surface area contributed by atoms with E-state index in [0.29, 0.717) is 10.8 Å². The Balaban J connectivity index is 1.38. The second-order valence-corrected chi connectivity index (χ2v) is 9.40. The molecule has 0 spiro atoms. The molecule has 4 saturated carbocycles. The average Bonchev–Trinajstić information content (AvgIpc) is 2.34. The van der Waals surface area contributed by atoms with E-state index in [0.717, 1.165) is 24.3 Å². The Labute approximate surface area is 131 Å². The molecule has 0 aliphatic heterocycles. The molecule has 4 rings (SSSR count). The molecule has 2 unspecified atom stereocenters. The van der Waals surface area contributed by atoms with Gasteiger partial charge < -0.3 is 10.6 Å². The Hall–Kier alpha value is -0.0800. The number of nitrogens with one attached hydrogen (secondary N) is 2. The summed E-state index contributed by atoms with van der Waals surface area (Å²) in [7, 11) is 0. The number of rotatable bonds is 8. The zero-order valence-electron chi connectivity index (χ0n) is 14.5. The van der Waals surface area contributed by atoms with Crippen molar-refractivity contribution in [1.29, 1.82) is 0 Å². The molecule has 2 heteroatoms. The first-order chi connectivity index (χ1) is 9.99. The monoisotopic (exact) mass is 292 g/mol. The van der Waals surface area contributed by atoms with Crippen molar-refractivity contribution in [3.63, 3.8) is 0 Å². The van der Waals surface area contributed by atoms with Gasteiger partial charge >= 0.3 is 0 Å². The Morgan fingerprint density at radius 1 is 1.00 bits per heavy atom. The molecule has 2 N–H and O–H groups in total. The third-order valence-corrected chi connectivity index (χ3v) is 6.23. The third-order valence-electron chi connectivity index (χ3n) is 6.23. The minimum Gasteiger partial charge on any atom is -0.316 e. The summed E-state index contributed by atoms with van der Waals surface area (Å²) in [6.45, 7) is 11.9. The molecule has 0 aromatic rings. The Morgan fingerprint density at radius 3 is 2.29 bits per heavy atom. The number of hydrogen-bond donors (Lipinski definition) is 2. The minimum atomic E-state index is 0.671. The van der Waals surface area contributed by atoms with E-state index < -0.39 is 0 Å². The van der Waals surface area contributed by atoms with Gasteiger partial charge in [-0.2, -0.15) is 0 Å². The van der Waals surface area contributed by atoms with Crippen molar-refractivity contribution in [3.8, 4) is 0 Å². The fourth-order valence-electron chi connectivity index (χ4n) is 6.22. The van der Waals surface area contributed by atoms with Gasteiger partial charge in [0.05, 0.1) is 0 Å². The molecule has 4 fully saturated rings. The van der Waals surface area contributed by atoms with Gasteiger partial charge in [-0.1, -0.05) is 20.8 Å². The van der Waals surface area contributed by atoms with Gasteiger partial charge in [0, 0.05) is 6.54 Å². The Morgan fingerprint density at radius 2 is 1.67 bits per heavy atom. The molecule has 4 aliphatic rings. The normalized spacial score (nSPS) is 41.1. The van der Waals surface area contributed by atoms with Crippen LogP contribution in [0.4, 0.5) is 0 Å². The minimum absolute atomic E-state index is 0.671. The number of hydrogen-bond acceptors (Lipinski definition) is 2. The highest BCUT2D eigenvalue weighted by atomic mass is 14.9. The summed E-state index contributed by atoms with van der Waals surface area (Å²) in [6.07, 6.45) is 10.4. The quantitative estimate of drug-likeness (QED) is 0.665. The van der Waals surface area contributed by atoms with Crippen LogP contribution >= 0.6 is 0 Å². The lowest BCUT2D eigenvalue weighted by atomic mass is 9.44. The lowest BCUT2D eigenvalue weighted by Gasteiger charge is -2.61. The zero-order chi connectivity index (χ0) is 14.9. The molecular weight excluding hydrogens is 256 g/mol. The summed E-state index contributed by atoms with van der Waals surface area (Å²) < 4.78 is 0. The molecule has 0 radical (unpaired) electrons. The van der Waals surface area contributed by atoms with Gasteiger partial charge in [-0.15, -0.1) is 0 Å². The lowest BCUT2D eigenvalue weighted by Crippen LogP contribution is -2.54. The molecule has 122 valence electrons. The van der Waals surface area contributed by atoms with E-state index in [2.05, 4.69) is 31.4 Å². The highest BCUT2D eigenvalue weighted by Crippen LogP contribution is 2.64. The van der Waals surface area contributed by atoms with Crippen LogP contribution in [-0.2, 0) is 0 Å². The van der Waals surface area contributed by atoms with Crippen LogP contribution in [0.15, 0.2) is 0 Å². The molecule has 0 heterocycles. The van der Waals surface area contributed by atoms with Crippen LogP contribution in [0.5, 0.6) is 0 Å². The van der Waals surface area contributed by atoms with Crippen LogP contribution in [0, 0.1) is 28.6 Å². The van der Waals surface area contributed by atoms with Gasteiger partial charge in [0.2, 0.25) is 0 Å². The highest BCUT2D eigenvalue weighted by Gasteiger charge is 2.55. The second kappa shape index (κ2) is 6.20. The van der Waals surface area contributed by atoms with Crippen LogP contribution < -0.4 is 10.6 Å². The third kappa shape index (κ3) is 3.82. The predicted molar refractivity (Wildman–Crippen MR) is 90.4 cm³/mol. The van der Waals surface area contributed by atoms with Gasteiger partial charge in [0.25, 0.3) is 0 Å². The summed E-state index contributed by atoms with van der Waals surface area (Å²) in [4.78, 5) is 0. The van der Waals surface area contributed by atoms with E-state index in [1.807, 2.05) is 0 Å². The van der Waals surface area contributed by atoms with Crippen LogP contribution in [0.1, 0.15) is 65.7 Å². The van der Waals surface area contributed by atoms with E-state index in [4.69, 9.17) is 0 Å². The average molecular weight is 293 g/mol. The van der Waals surface area contributed by atoms with Crippen molar-refractivity contribution in [1.82, 2.24) is 10.6 Å². The van der Waals surface area contributed by atoms with Crippen LogP contribution in [-0.4, -0.2) is 26.2 Å². The SMILES string of the molecule is CC(C)CNCCCNCC12CC3CC(CC(C)(C3)C1)C2. The predicted octanol–water partition coefficient (Wildman–Crippen LogP) is 3.82. The lowest BCUT2D eigenvalue weighted by molar-refractivity contribution is -0.0997. The largest absolute Gasteiger partial charge is 0.316 e. The van der Waals surface area contributed by atoms with E-state index in [9.17, 15) is 0 Å². The van der Waals surface area contributed by atoms with Crippen LogP contribution in [0.2, 0.25) is 0 Å². The van der Waals surface area contributed by atoms with Crippen molar-refractivity contribution in [2.45, 2.75) is 65.7 Å². The van der Waals surface area contributed by atoms with E-state index in [1.165, 1.54) is 58.2 Å². The summed E-state index contributed by atoms with van der Waals surface area (Å²) >= 11 is 0. The highest BCUT2D eigenvalue weighted by molar-refractivity contribution is 5.06. The molecule has 2 atom stereocenters. The van der Waals surface area contributed by atoms with E-state index in [-0.39, 0.29) is 0 Å². The first kappa shape index (κ1) is 15.8. The van der Waals surface area contributed by atoms with Crippen molar-refractivity contribution in [2.75, 3.05) is 26.2 Å². The van der Waals surface area contributed by atoms with Crippen LogP contribution in [0.3, 0.4) is 0 Å². The fourth-order valence-corrected chi connectivity index (χ4v) is 6.22. The van der Waals surface area contributed by atoms with Crippen molar-refractivity contribution in [2.24, 2.45) is 28.6 Å².